The molecule has 2 atom stereocenters. The Bertz CT molecular complexity index is 1570. The fraction of sp³-hybridized carbons (Fsp3) is 0.757. The lowest BCUT2D eigenvalue weighted by Crippen LogP contribution is -2.44. The highest BCUT2D eigenvalue weighted by atomic mass is 16.7. The molecule has 0 bridgehead atoms. The second kappa shape index (κ2) is 60.6. The van der Waals surface area contributed by atoms with Crippen LogP contribution in [0.15, 0.2) is 85.1 Å². The number of esters is 2. The summed E-state index contributed by atoms with van der Waals surface area (Å²) in [7, 11) is 5.93. The number of carbonyl (C=O) groups is 3. The largest absolute Gasteiger partial charge is 0.545 e. The molecule has 0 N–H and O–H groups in total. The monoisotopic (exact) mass is 1110 g/mol. The summed E-state index contributed by atoms with van der Waals surface area (Å²) in [5.41, 5.74) is 0. The summed E-state index contributed by atoms with van der Waals surface area (Å²) < 4.78 is 22.8. The van der Waals surface area contributed by atoms with Gasteiger partial charge in [-0.05, 0) is 70.6 Å². The summed E-state index contributed by atoms with van der Waals surface area (Å²) in [4.78, 5) is 37.4. The summed E-state index contributed by atoms with van der Waals surface area (Å²) in [6.07, 6.45) is 77.9. The molecule has 0 aliphatic carbocycles. The Balaban J connectivity index is 4.16. The number of rotatable bonds is 60. The Hall–Kier alpha value is -3.53. The van der Waals surface area contributed by atoms with E-state index < -0.39 is 24.3 Å². The molecule has 0 aliphatic rings. The van der Waals surface area contributed by atoms with Crippen molar-refractivity contribution in [2.75, 3.05) is 47.5 Å². The van der Waals surface area contributed by atoms with Crippen LogP contribution in [0.3, 0.4) is 0 Å². The first-order valence-corrected chi connectivity index (χ1v) is 32.7. The van der Waals surface area contributed by atoms with Crippen LogP contribution in [0.25, 0.3) is 0 Å². The Labute approximate surface area is 487 Å². The van der Waals surface area contributed by atoms with Crippen LogP contribution in [-0.2, 0) is 33.3 Å². The second-order valence-electron chi connectivity index (χ2n) is 23.0. The molecule has 0 heterocycles. The number of nitrogens with zero attached hydrogens (tertiary/aromatic N) is 1. The fourth-order valence-corrected chi connectivity index (χ4v) is 9.17. The predicted octanol–water partition coefficient (Wildman–Crippen LogP) is 18.6. The van der Waals surface area contributed by atoms with Crippen LogP contribution in [0.4, 0.5) is 0 Å². The van der Waals surface area contributed by atoms with Crippen LogP contribution in [0, 0.1) is 0 Å². The smallest absolute Gasteiger partial charge is 0.306 e. The van der Waals surface area contributed by atoms with Gasteiger partial charge >= 0.3 is 11.9 Å². The van der Waals surface area contributed by atoms with E-state index in [9.17, 15) is 19.5 Å². The first-order valence-electron chi connectivity index (χ1n) is 32.7. The third-order valence-corrected chi connectivity index (χ3v) is 14.2. The standard InChI is InChI=1S/C70H123NO8/c1-6-8-10-12-14-16-18-20-22-24-26-28-29-30-31-32-33-34-35-36-37-38-39-41-43-45-47-49-51-53-55-57-59-61-68(73)79-66(65-78-70(69(74)75)76-63-62-71(3,4)5)64-77-67(72)60-58-56-54-52-50-48-46-44-42-40-27-25-23-21-19-17-15-13-11-9-7-2/h8,10,14,16,20,22,26,28,30-31,33-34,36-37,66,70H,6-7,9,11-13,15,17-19,21,23-25,27,29,32,35,38-65H2,1-5H3/b10-8-,16-14-,22-20-,28-26-,31-30-,34-33-,37-36-. The van der Waals surface area contributed by atoms with Gasteiger partial charge in [0.2, 0.25) is 0 Å². The Morgan fingerprint density at radius 1 is 0.392 bits per heavy atom. The van der Waals surface area contributed by atoms with E-state index in [4.69, 9.17) is 18.9 Å². The molecule has 0 aliphatic heterocycles. The summed E-state index contributed by atoms with van der Waals surface area (Å²) in [6, 6.07) is 0. The zero-order valence-electron chi connectivity index (χ0n) is 52.0. The van der Waals surface area contributed by atoms with Gasteiger partial charge in [-0.2, -0.15) is 0 Å². The third-order valence-electron chi connectivity index (χ3n) is 14.2. The zero-order valence-corrected chi connectivity index (χ0v) is 52.0. The SMILES string of the molecule is CC/C=C\C/C=C\C/C=C\C/C=C\C/C=C\C/C=C\C/C=C\CCCCCCCCCCCCCC(=O)OC(COC(=O)CCCCCCCCCCCCCCCCCCCCCCC)COC(OCC[N+](C)(C)C)C(=O)[O-]. The number of carboxylic acid groups (broad SMARTS) is 1. The van der Waals surface area contributed by atoms with Gasteiger partial charge in [-0.3, -0.25) is 9.59 Å². The third kappa shape index (κ3) is 61.9. The lowest BCUT2D eigenvalue weighted by Gasteiger charge is -2.26. The van der Waals surface area contributed by atoms with Crippen molar-refractivity contribution in [3.05, 3.63) is 85.1 Å². The fourth-order valence-electron chi connectivity index (χ4n) is 9.17. The molecule has 456 valence electrons. The molecule has 79 heavy (non-hydrogen) atoms. The van der Waals surface area contributed by atoms with Crippen LogP contribution in [0.5, 0.6) is 0 Å². The second-order valence-corrected chi connectivity index (χ2v) is 23.0. The number of hydrogen-bond donors (Lipinski definition) is 0. The number of ether oxygens (including phenoxy) is 4. The van der Waals surface area contributed by atoms with E-state index in [0.29, 0.717) is 23.9 Å². The molecule has 0 fully saturated rings. The summed E-state index contributed by atoms with van der Waals surface area (Å²) in [5.74, 6) is -2.28. The van der Waals surface area contributed by atoms with Gasteiger partial charge in [-0.15, -0.1) is 0 Å². The number of carboxylic acids is 1. The van der Waals surface area contributed by atoms with E-state index >= 15 is 0 Å². The maximum atomic E-state index is 12.9. The zero-order chi connectivity index (χ0) is 57.6. The summed E-state index contributed by atoms with van der Waals surface area (Å²) in [6.45, 7) is 4.66. The molecule has 9 nitrogen and oxygen atoms in total. The highest BCUT2D eigenvalue weighted by Gasteiger charge is 2.22. The Morgan fingerprint density at radius 2 is 0.722 bits per heavy atom. The van der Waals surface area contributed by atoms with Crippen molar-refractivity contribution in [3.8, 4) is 0 Å². The molecule has 9 heteroatoms. The van der Waals surface area contributed by atoms with Crippen molar-refractivity contribution in [1.82, 2.24) is 0 Å². The lowest BCUT2D eigenvalue weighted by atomic mass is 10.0. The van der Waals surface area contributed by atoms with Gasteiger partial charge in [0.1, 0.15) is 13.2 Å². The van der Waals surface area contributed by atoms with Crippen LogP contribution >= 0.6 is 0 Å². The van der Waals surface area contributed by atoms with Crippen molar-refractivity contribution in [1.29, 1.82) is 0 Å². The van der Waals surface area contributed by atoms with Crippen LogP contribution in [0.2, 0.25) is 0 Å². The van der Waals surface area contributed by atoms with Gasteiger partial charge in [0.25, 0.3) is 0 Å². The number of aliphatic carboxylic acids is 1. The van der Waals surface area contributed by atoms with Crippen LogP contribution in [0.1, 0.15) is 284 Å². The topological polar surface area (TPSA) is 111 Å². The van der Waals surface area contributed by atoms with Crippen LogP contribution < -0.4 is 5.11 Å². The number of quaternary nitrogens is 1. The average molecular weight is 1110 g/mol. The average Bonchev–Trinajstić information content (AvgIpc) is 3.42. The highest BCUT2D eigenvalue weighted by molar-refractivity contribution is 5.70. The molecule has 0 radical (unpaired) electrons. The number of allylic oxidation sites excluding steroid dienone is 14. The Kier molecular flexibility index (Phi) is 57.9. The molecule has 0 amide bonds. The first kappa shape index (κ1) is 75.5. The van der Waals surface area contributed by atoms with Crippen molar-refractivity contribution in [3.63, 3.8) is 0 Å². The molecule has 0 spiro atoms. The number of likely N-dealkylation sites (N-methyl/N-ethyl adjacent to an activating group) is 1. The molecular formula is C70H123NO8. The molecular weight excluding hydrogens is 983 g/mol. The molecule has 0 aromatic heterocycles. The van der Waals surface area contributed by atoms with Crippen LogP contribution in [-0.4, -0.2) is 82.3 Å². The van der Waals surface area contributed by atoms with E-state index in [1.807, 2.05) is 21.1 Å². The van der Waals surface area contributed by atoms with Crippen molar-refractivity contribution >= 4 is 17.9 Å². The van der Waals surface area contributed by atoms with Crippen molar-refractivity contribution < 1.29 is 42.9 Å². The molecule has 0 saturated carbocycles. The first-order chi connectivity index (χ1) is 38.6. The maximum Gasteiger partial charge on any atom is 0.306 e. The lowest BCUT2D eigenvalue weighted by molar-refractivity contribution is -0.870. The van der Waals surface area contributed by atoms with Crippen molar-refractivity contribution in [2.24, 2.45) is 0 Å². The van der Waals surface area contributed by atoms with Gasteiger partial charge in [0, 0.05) is 12.8 Å². The maximum absolute atomic E-state index is 12.9. The number of hydrogen-bond acceptors (Lipinski definition) is 8. The minimum atomic E-state index is -1.62. The minimum absolute atomic E-state index is 0.146. The predicted molar refractivity (Wildman–Crippen MR) is 334 cm³/mol. The van der Waals surface area contributed by atoms with E-state index in [2.05, 4.69) is 98.9 Å². The van der Waals surface area contributed by atoms with E-state index in [1.165, 1.54) is 161 Å². The van der Waals surface area contributed by atoms with Gasteiger partial charge < -0.3 is 33.3 Å². The molecule has 0 saturated heterocycles. The van der Waals surface area contributed by atoms with E-state index in [0.717, 1.165) is 89.9 Å². The molecule has 0 aromatic rings. The summed E-state index contributed by atoms with van der Waals surface area (Å²) in [5, 5.41) is 11.8. The molecule has 0 rings (SSSR count). The molecule has 0 aromatic carbocycles. The number of unbranched alkanes of at least 4 members (excludes halogenated alkanes) is 31. The van der Waals surface area contributed by atoms with Crippen molar-refractivity contribution in [2.45, 2.75) is 296 Å². The van der Waals surface area contributed by atoms with Gasteiger partial charge in [0.05, 0.1) is 40.3 Å². The molecule has 2 unspecified atom stereocenters. The van der Waals surface area contributed by atoms with E-state index in [-0.39, 0.29) is 32.2 Å². The van der Waals surface area contributed by atoms with E-state index in [1.54, 1.807) is 0 Å². The van der Waals surface area contributed by atoms with Gasteiger partial charge in [-0.1, -0.05) is 285 Å². The summed E-state index contributed by atoms with van der Waals surface area (Å²) >= 11 is 0. The van der Waals surface area contributed by atoms with Gasteiger partial charge in [0.15, 0.2) is 12.4 Å². The Morgan fingerprint density at radius 3 is 1.08 bits per heavy atom. The minimum Gasteiger partial charge on any atom is -0.545 e. The number of carbonyl (C=O) groups excluding carboxylic acids is 3. The quantitative estimate of drug-likeness (QED) is 0.0195. The normalized spacial score (nSPS) is 13.3. The highest BCUT2D eigenvalue weighted by Crippen LogP contribution is 2.17. The van der Waals surface area contributed by atoms with Gasteiger partial charge in [-0.25, -0.2) is 0 Å².